The Morgan fingerprint density at radius 2 is 2.55 bits per heavy atom. The third kappa shape index (κ3) is 1.60. The standard InChI is InChI=1S/C8H13NO2/c1-2-5-9-7(6-10)3-4-8(9)11/h2,7,10H,1,3-6H2/t7-/m0/s1. The van der Waals surface area contributed by atoms with E-state index in [2.05, 4.69) is 6.58 Å². The summed E-state index contributed by atoms with van der Waals surface area (Å²) in [5, 5.41) is 8.85. The van der Waals surface area contributed by atoms with Gasteiger partial charge in [-0.3, -0.25) is 4.79 Å². The monoisotopic (exact) mass is 155 g/mol. The van der Waals surface area contributed by atoms with E-state index in [4.69, 9.17) is 5.11 Å². The summed E-state index contributed by atoms with van der Waals surface area (Å²) in [5.41, 5.74) is 0. The third-order valence-electron chi connectivity index (χ3n) is 1.99. The van der Waals surface area contributed by atoms with E-state index in [9.17, 15) is 4.79 Å². The van der Waals surface area contributed by atoms with Gasteiger partial charge in [0.2, 0.25) is 5.91 Å². The van der Waals surface area contributed by atoms with Crippen molar-refractivity contribution in [3.63, 3.8) is 0 Å². The molecule has 1 aliphatic rings. The SMILES string of the molecule is C=CCN1C(=O)CC[C@H]1CO. The highest BCUT2D eigenvalue weighted by atomic mass is 16.3. The lowest BCUT2D eigenvalue weighted by molar-refractivity contribution is -0.128. The molecule has 0 radical (unpaired) electrons. The van der Waals surface area contributed by atoms with Crippen LogP contribution >= 0.6 is 0 Å². The predicted molar refractivity (Wildman–Crippen MR) is 42.0 cm³/mol. The van der Waals surface area contributed by atoms with Crippen molar-refractivity contribution in [2.75, 3.05) is 13.2 Å². The van der Waals surface area contributed by atoms with Gasteiger partial charge in [0.25, 0.3) is 0 Å². The molecule has 1 N–H and O–H groups in total. The minimum atomic E-state index is 0.0282. The van der Waals surface area contributed by atoms with E-state index in [-0.39, 0.29) is 18.6 Å². The molecule has 1 heterocycles. The molecule has 0 aromatic carbocycles. The maximum atomic E-state index is 11.1. The van der Waals surface area contributed by atoms with Crippen molar-refractivity contribution in [2.45, 2.75) is 18.9 Å². The van der Waals surface area contributed by atoms with Gasteiger partial charge in [-0.2, -0.15) is 0 Å². The molecule has 1 amide bonds. The Bertz CT molecular complexity index is 167. The number of aliphatic hydroxyl groups excluding tert-OH is 1. The Morgan fingerprint density at radius 3 is 3.09 bits per heavy atom. The molecule has 3 heteroatoms. The molecule has 3 nitrogen and oxygen atoms in total. The minimum Gasteiger partial charge on any atom is -0.394 e. The van der Waals surface area contributed by atoms with Crippen molar-refractivity contribution >= 4 is 5.91 Å². The zero-order valence-corrected chi connectivity index (χ0v) is 6.49. The van der Waals surface area contributed by atoms with Gasteiger partial charge in [0.1, 0.15) is 0 Å². The van der Waals surface area contributed by atoms with Crippen LogP contribution in [0.3, 0.4) is 0 Å². The van der Waals surface area contributed by atoms with Gasteiger partial charge < -0.3 is 10.0 Å². The number of hydrogen-bond acceptors (Lipinski definition) is 2. The Morgan fingerprint density at radius 1 is 1.82 bits per heavy atom. The van der Waals surface area contributed by atoms with Crippen molar-refractivity contribution in [3.8, 4) is 0 Å². The molecular formula is C8H13NO2. The number of hydrogen-bond donors (Lipinski definition) is 1. The lowest BCUT2D eigenvalue weighted by atomic mass is 10.2. The van der Waals surface area contributed by atoms with Crippen LogP contribution in [0.25, 0.3) is 0 Å². The number of nitrogens with zero attached hydrogens (tertiary/aromatic N) is 1. The van der Waals surface area contributed by atoms with Crippen molar-refractivity contribution in [3.05, 3.63) is 12.7 Å². The highest BCUT2D eigenvalue weighted by Crippen LogP contribution is 2.17. The van der Waals surface area contributed by atoms with Crippen molar-refractivity contribution in [2.24, 2.45) is 0 Å². The molecule has 1 fully saturated rings. The molecule has 0 aromatic heterocycles. The Hall–Kier alpha value is -0.830. The van der Waals surface area contributed by atoms with Gasteiger partial charge in [0.05, 0.1) is 12.6 Å². The second-order valence-corrected chi connectivity index (χ2v) is 2.71. The molecule has 62 valence electrons. The Kier molecular flexibility index (Phi) is 2.65. The molecule has 0 aromatic rings. The second-order valence-electron chi connectivity index (χ2n) is 2.71. The largest absolute Gasteiger partial charge is 0.394 e. The van der Waals surface area contributed by atoms with Gasteiger partial charge in [0, 0.05) is 13.0 Å². The van der Waals surface area contributed by atoms with Gasteiger partial charge >= 0.3 is 0 Å². The number of likely N-dealkylation sites (tertiary alicyclic amines) is 1. The molecule has 1 saturated heterocycles. The maximum Gasteiger partial charge on any atom is 0.223 e. The van der Waals surface area contributed by atoms with E-state index in [1.807, 2.05) is 0 Å². The molecule has 11 heavy (non-hydrogen) atoms. The Labute approximate surface area is 66.3 Å². The number of rotatable bonds is 3. The molecule has 0 spiro atoms. The molecular weight excluding hydrogens is 142 g/mol. The van der Waals surface area contributed by atoms with Crippen LogP contribution in [0.1, 0.15) is 12.8 Å². The van der Waals surface area contributed by atoms with Crippen LogP contribution in [0.2, 0.25) is 0 Å². The molecule has 0 unspecified atom stereocenters. The average Bonchev–Trinajstić information content (AvgIpc) is 2.34. The summed E-state index contributed by atoms with van der Waals surface area (Å²) < 4.78 is 0. The highest BCUT2D eigenvalue weighted by molar-refractivity contribution is 5.78. The fraction of sp³-hybridized carbons (Fsp3) is 0.625. The van der Waals surface area contributed by atoms with Gasteiger partial charge in [-0.15, -0.1) is 6.58 Å². The first-order valence-corrected chi connectivity index (χ1v) is 3.80. The van der Waals surface area contributed by atoms with Crippen LogP contribution < -0.4 is 0 Å². The molecule has 1 rings (SSSR count). The Balaban J connectivity index is 2.55. The van der Waals surface area contributed by atoms with Crippen LogP contribution in [-0.2, 0) is 4.79 Å². The maximum absolute atomic E-state index is 11.1. The summed E-state index contributed by atoms with van der Waals surface area (Å²) >= 11 is 0. The predicted octanol–water partition coefficient (Wildman–Crippen LogP) is 0.156. The highest BCUT2D eigenvalue weighted by Gasteiger charge is 2.28. The number of carbonyl (C=O) groups is 1. The summed E-state index contributed by atoms with van der Waals surface area (Å²) in [7, 11) is 0. The molecule has 1 aliphatic heterocycles. The summed E-state index contributed by atoms with van der Waals surface area (Å²) in [4.78, 5) is 12.8. The molecule has 0 bridgehead atoms. The lowest BCUT2D eigenvalue weighted by Crippen LogP contribution is -2.35. The average molecular weight is 155 g/mol. The zero-order valence-electron chi connectivity index (χ0n) is 6.49. The fourth-order valence-corrected chi connectivity index (χ4v) is 1.37. The van der Waals surface area contributed by atoms with Gasteiger partial charge in [0.15, 0.2) is 0 Å². The topological polar surface area (TPSA) is 40.5 Å². The summed E-state index contributed by atoms with van der Waals surface area (Å²) in [6.07, 6.45) is 3.04. The van der Waals surface area contributed by atoms with E-state index in [0.717, 1.165) is 6.42 Å². The van der Waals surface area contributed by atoms with E-state index in [1.165, 1.54) is 0 Å². The summed E-state index contributed by atoms with van der Waals surface area (Å²) in [6, 6.07) is 0.0282. The molecule has 0 aliphatic carbocycles. The smallest absolute Gasteiger partial charge is 0.223 e. The number of carbonyl (C=O) groups excluding carboxylic acids is 1. The van der Waals surface area contributed by atoms with Crippen molar-refractivity contribution in [1.82, 2.24) is 4.90 Å². The van der Waals surface area contributed by atoms with Gasteiger partial charge in [-0.25, -0.2) is 0 Å². The number of aliphatic hydroxyl groups is 1. The second kappa shape index (κ2) is 3.53. The van der Waals surface area contributed by atoms with Gasteiger partial charge in [-0.05, 0) is 6.42 Å². The summed E-state index contributed by atoms with van der Waals surface area (Å²) in [6.45, 7) is 4.18. The molecule has 1 atom stereocenters. The van der Waals surface area contributed by atoms with Crippen LogP contribution in [0, 0.1) is 0 Å². The lowest BCUT2D eigenvalue weighted by Gasteiger charge is -2.20. The fourth-order valence-electron chi connectivity index (χ4n) is 1.37. The number of amides is 1. The van der Waals surface area contributed by atoms with Crippen LogP contribution in [0.5, 0.6) is 0 Å². The zero-order chi connectivity index (χ0) is 8.27. The van der Waals surface area contributed by atoms with E-state index < -0.39 is 0 Å². The first kappa shape index (κ1) is 8.27. The van der Waals surface area contributed by atoms with Crippen molar-refractivity contribution in [1.29, 1.82) is 0 Å². The third-order valence-corrected chi connectivity index (χ3v) is 1.99. The molecule has 0 saturated carbocycles. The van der Waals surface area contributed by atoms with E-state index >= 15 is 0 Å². The van der Waals surface area contributed by atoms with Gasteiger partial charge in [-0.1, -0.05) is 6.08 Å². The van der Waals surface area contributed by atoms with Crippen LogP contribution in [0.15, 0.2) is 12.7 Å². The van der Waals surface area contributed by atoms with Crippen molar-refractivity contribution < 1.29 is 9.90 Å². The first-order valence-electron chi connectivity index (χ1n) is 3.80. The van der Waals surface area contributed by atoms with Crippen LogP contribution in [-0.4, -0.2) is 35.1 Å². The summed E-state index contributed by atoms with van der Waals surface area (Å²) in [5.74, 6) is 0.129. The normalized spacial score (nSPS) is 24.3. The van der Waals surface area contributed by atoms with Crippen LogP contribution in [0.4, 0.5) is 0 Å². The quantitative estimate of drug-likeness (QED) is 0.589. The minimum absolute atomic E-state index is 0.0282. The van der Waals surface area contributed by atoms with E-state index in [0.29, 0.717) is 13.0 Å². The first-order chi connectivity index (χ1) is 5.29. The van der Waals surface area contributed by atoms with E-state index in [1.54, 1.807) is 11.0 Å².